The molecule has 2 atom stereocenters. The summed E-state index contributed by atoms with van der Waals surface area (Å²) in [5.41, 5.74) is 5.39. The summed E-state index contributed by atoms with van der Waals surface area (Å²) in [7, 11) is -4.42. The second-order valence-corrected chi connectivity index (χ2v) is 22.0. The van der Waals surface area contributed by atoms with Crippen molar-refractivity contribution in [2.45, 2.75) is 251 Å². The summed E-state index contributed by atoms with van der Waals surface area (Å²) >= 11 is 0. The number of rotatable bonds is 58. The summed E-state index contributed by atoms with van der Waals surface area (Å²) in [5, 5.41) is 0. The fourth-order valence-electron chi connectivity index (χ4n) is 8.28. The molecule has 0 bridgehead atoms. The van der Waals surface area contributed by atoms with Gasteiger partial charge >= 0.3 is 19.8 Å². The first kappa shape index (κ1) is 76.6. The quantitative estimate of drug-likeness (QED) is 0.0264. The average Bonchev–Trinajstić information content (AvgIpc) is 3.46. The molecule has 0 rings (SSSR count). The largest absolute Gasteiger partial charge is 0.472 e. The van der Waals surface area contributed by atoms with E-state index in [1.54, 1.807) is 0 Å². The second-order valence-electron chi connectivity index (χ2n) is 20.5. The van der Waals surface area contributed by atoms with Gasteiger partial charge < -0.3 is 20.1 Å². The molecule has 0 aliphatic rings. The third-order valence-electron chi connectivity index (χ3n) is 12.9. The van der Waals surface area contributed by atoms with Gasteiger partial charge in [-0.1, -0.05) is 275 Å². The number of unbranched alkanes of at least 4 members (excludes halogenated alkanes) is 19. The molecule has 3 N–H and O–H groups in total. The lowest BCUT2D eigenvalue weighted by atomic mass is 10.0. The zero-order chi connectivity index (χ0) is 58.7. The van der Waals surface area contributed by atoms with Crippen molar-refractivity contribution in [3.05, 3.63) is 158 Å². The smallest absolute Gasteiger partial charge is 0.462 e. The van der Waals surface area contributed by atoms with Crippen LogP contribution in [0.3, 0.4) is 0 Å². The Morgan fingerprint density at radius 3 is 0.988 bits per heavy atom. The van der Waals surface area contributed by atoms with E-state index in [4.69, 9.17) is 24.3 Å². The van der Waals surface area contributed by atoms with Crippen molar-refractivity contribution in [2.75, 3.05) is 26.4 Å². The Morgan fingerprint density at radius 2 is 0.654 bits per heavy atom. The van der Waals surface area contributed by atoms with Crippen LogP contribution in [0.4, 0.5) is 0 Å². The van der Waals surface area contributed by atoms with Crippen LogP contribution >= 0.6 is 7.82 Å². The number of carbonyl (C=O) groups excluding carboxylic acids is 2. The normalized spacial score (nSPS) is 14.1. The molecule has 0 aromatic carbocycles. The first-order valence-electron chi connectivity index (χ1n) is 32.0. The van der Waals surface area contributed by atoms with Crippen LogP contribution in [0.5, 0.6) is 0 Å². The molecular weight excluding hydrogens is 1030 g/mol. The maximum absolute atomic E-state index is 12.7. The van der Waals surface area contributed by atoms with Crippen molar-refractivity contribution in [1.82, 2.24) is 0 Å². The van der Waals surface area contributed by atoms with Crippen LogP contribution in [-0.4, -0.2) is 49.3 Å². The Labute approximate surface area is 496 Å². The standard InChI is InChI=1S/C71H116NO8P/c1-3-5-7-9-11-13-15-17-19-21-23-25-27-29-31-33-34-36-37-39-41-43-45-47-49-51-53-55-57-59-61-63-70(73)77-67-69(68-79-81(75,76)78-66-65-72)80-71(74)64-62-60-58-56-54-52-50-48-46-44-42-40-38-35-32-30-28-26-24-22-20-18-16-14-12-10-8-6-4-2/h5-8,11-14,17-20,23-26,30,32,38,40,44,46,50,52,56,58,69H,3-4,9-10,15-16,21-22,27-29,31,33-37,39,41-43,45,47-49,51,53-55,57,59-68,72H2,1-2H3,(H,75,76)/b7-5-,8-6-,13-11-,14-12-,19-17-,20-18-,25-23-,26-24-,32-30-,40-38-,46-44-,52-50-,58-56-. The van der Waals surface area contributed by atoms with Crippen molar-refractivity contribution in [1.29, 1.82) is 0 Å². The number of allylic oxidation sites excluding steroid dienone is 26. The second kappa shape index (κ2) is 64.8. The number of ether oxygens (including phenoxy) is 2. The van der Waals surface area contributed by atoms with E-state index >= 15 is 0 Å². The van der Waals surface area contributed by atoms with Gasteiger partial charge in [-0.15, -0.1) is 0 Å². The predicted octanol–water partition coefficient (Wildman–Crippen LogP) is 20.8. The monoisotopic (exact) mass is 1140 g/mol. The van der Waals surface area contributed by atoms with E-state index in [9.17, 15) is 19.0 Å². The molecule has 0 aliphatic carbocycles. The van der Waals surface area contributed by atoms with Gasteiger partial charge in [0.15, 0.2) is 6.10 Å². The minimum absolute atomic E-state index is 0.0366. The lowest BCUT2D eigenvalue weighted by Gasteiger charge is -2.19. The summed E-state index contributed by atoms with van der Waals surface area (Å²) in [6.45, 7) is 3.45. The van der Waals surface area contributed by atoms with Crippen LogP contribution in [0.15, 0.2) is 158 Å². The summed E-state index contributed by atoms with van der Waals surface area (Å²) in [5.74, 6) is -0.904. The SMILES string of the molecule is CC/C=C\C/C=C\C/C=C\C/C=C\C/C=C\C/C=C\C/C=C\C/C=C\C/C=C\CCCC(=O)OC(COC(=O)CCCCCCCCCCCCCCCCCCCC/C=C\C/C=C\C/C=C\C/C=C\CC)COP(=O)(O)OCCN. The number of hydrogen-bond donors (Lipinski definition) is 2. The van der Waals surface area contributed by atoms with Crippen LogP contribution in [0.2, 0.25) is 0 Å². The number of hydrogen-bond acceptors (Lipinski definition) is 8. The Hall–Kier alpha value is -4.37. The first-order valence-corrected chi connectivity index (χ1v) is 33.5. The zero-order valence-corrected chi connectivity index (χ0v) is 52.1. The molecule has 458 valence electrons. The minimum Gasteiger partial charge on any atom is -0.462 e. The first-order chi connectivity index (χ1) is 39.8. The molecule has 2 unspecified atom stereocenters. The van der Waals surface area contributed by atoms with E-state index in [0.717, 1.165) is 103 Å². The highest BCUT2D eigenvalue weighted by atomic mass is 31.2. The molecule has 81 heavy (non-hydrogen) atoms. The molecule has 0 aromatic rings. The molecular formula is C71H116NO8P. The zero-order valence-electron chi connectivity index (χ0n) is 51.2. The topological polar surface area (TPSA) is 134 Å². The Morgan fingerprint density at radius 1 is 0.370 bits per heavy atom. The lowest BCUT2D eigenvalue weighted by molar-refractivity contribution is -0.161. The molecule has 0 aromatic heterocycles. The third kappa shape index (κ3) is 64.7. The molecule has 0 saturated carbocycles. The third-order valence-corrected chi connectivity index (χ3v) is 13.9. The number of esters is 2. The van der Waals surface area contributed by atoms with Crippen LogP contribution < -0.4 is 5.73 Å². The number of nitrogens with two attached hydrogens (primary N) is 1. The fraction of sp³-hybridized carbons (Fsp3) is 0.606. The van der Waals surface area contributed by atoms with Crippen LogP contribution in [0, 0.1) is 0 Å². The molecule has 0 heterocycles. The van der Waals surface area contributed by atoms with Gasteiger partial charge in [-0.25, -0.2) is 4.57 Å². The van der Waals surface area contributed by atoms with E-state index in [1.807, 2.05) is 6.08 Å². The Balaban J connectivity index is 4.04. The molecule has 0 amide bonds. The predicted molar refractivity (Wildman–Crippen MR) is 348 cm³/mol. The van der Waals surface area contributed by atoms with E-state index in [2.05, 4.69) is 166 Å². The molecule has 0 spiro atoms. The van der Waals surface area contributed by atoms with Gasteiger partial charge in [-0.05, 0) is 116 Å². The van der Waals surface area contributed by atoms with Crippen molar-refractivity contribution < 1.29 is 37.6 Å². The van der Waals surface area contributed by atoms with E-state index in [1.165, 1.54) is 103 Å². The van der Waals surface area contributed by atoms with Crippen LogP contribution in [0.1, 0.15) is 245 Å². The van der Waals surface area contributed by atoms with Gasteiger partial charge in [0.2, 0.25) is 0 Å². The summed E-state index contributed by atoms with van der Waals surface area (Å²) in [6.07, 6.45) is 94.7. The lowest BCUT2D eigenvalue weighted by Crippen LogP contribution is -2.29. The molecule has 0 fully saturated rings. The Bertz CT molecular complexity index is 1880. The molecule has 9 nitrogen and oxygen atoms in total. The summed E-state index contributed by atoms with van der Waals surface area (Å²) in [6, 6.07) is 0. The van der Waals surface area contributed by atoms with E-state index < -0.39 is 32.5 Å². The summed E-state index contributed by atoms with van der Waals surface area (Å²) < 4.78 is 33.0. The summed E-state index contributed by atoms with van der Waals surface area (Å²) in [4.78, 5) is 35.3. The number of carbonyl (C=O) groups is 2. The van der Waals surface area contributed by atoms with Gasteiger partial charge in [-0.2, -0.15) is 0 Å². The molecule has 0 saturated heterocycles. The van der Waals surface area contributed by atoms with Crippen LogP contribution in [-0.2, 0) is 32.7 Å². The van der Waals surface area contributed by atoms with Crippen LogP contribution in [0.25, 0.3) is 0 Å². The highest BCUT2D eigenvalue weighted by Crippen LogP contribution is 2.43. The maximum atomic E-state index is 12.7. The van der Waals surface area contributed by atoms with Gasteiger partial charge in [0, 0.05) is 19.4 Å². The van der Waals surface area contributed by atoms with Crippen molar-refractivity contribution in [3.63, 3.8) is 0 Å². The highest BCUT2D eigenvalue weighted by molar-refractivity contribution is 7.47. The molecule has 0 radical (unpaired) electrons. The van der Waals surface area contributed by atoms with Gasteiger partial charge in [-0.3, -0.25) is 18.6 Å². The number of phosphoric acid groups is 1. The highest BCUT2D eigenvalue weighted by Gasteiger charge is 2.26. The minimum atomic E-state index is -4.42. The van der Waals surface area contributed by atoms with Gasteiger partial charge in [0.1, 0.15) is 6.61 Å². The average molecular weight is 1140 g/mol. The maximum Gasteiger partial charge on any atom is 0.472 e. The van der Waals surface area contributed by atoms with Gasteiger partial charge in [0.25, 0.3) is 0 Å². The van der Waals surface area contributed by atoms with Crippen molar-refractivity contribution in [3.8, 4) is 0 Å². The van der Waals surface area contributed by atoms with Crippen molar-refractivity contribution in [2.24, 2.45) is 5.73 Å². The number of phosphoric ester groups is 1. The molecule has 0 aliphatic heterocycles. The molecule has 10 heteroatoms. The van der Waals surface area contributed by atoms with Crippen molar-refractivity contribution >= 4 is 19.8 Å². The Kier molecular flexibility index (Phi) is 61.3. The van der Waals surface area contributed by atoms with E-state index in [-0.39, 0.29) is 32.6 Å². The fourth-order valence-corrected chi connectivity index (χ4v) is 9.04. The van der Waals surface area contributed by atoms with E-state index in [0.29, 0.717) is 12.8 Å². The van der Waals surface area contributed by atoms with Gasteiger partial charge in [0.05, 0.1) is 13.2 Å².